The molecule has 3 rings (SSSR count). The van der Waals surface area contributed by atoms with Crippen LogP contribution in [0.1, 0.15) is 12.5 Å². The van der Waals surface area contributed by atoms with Gasteiger partial charge in [-0.1, -0.05) is 23.8 Å². The molecular weight excluding hydrogens is 421 g/mol. The SMILES string of the molecule is CC(=O)Nc1cccc(N(c2ccc(C)cc2)c2ccc(NCCS(=O)(=O)[O-])cc2)c1.[Li+]. The van der Waals surface area contributed by atoms with E-state index in [1.54, 1.807) is 0 Å². The molecule has 162 valence electrons. The predicted molar refractivity (Wildman–Crippen MR) is 123 cm³/mol. The van der Waals surface area contributed by atoms with Gasteiger partial charge in [0, 0.05) is 41.9 Å². The second kappa shape index (κ2) is 11.2. The molecule has 32 heavy (non-hydrogen) atoms. The van der Waals surface area contributed by atoms with E-state index in [1.165, 1.54) is 6.92 Å². The number of carbonyl (C=O) groups is 1. The quantitative estimate of drug-likeness (QED) is 0.401. The van der Waals surface area contributed by atoms with Gasteiger partial charge < -0.3 is 20.1 Å². The Labute approximate surface area is 200 Å². The van der Waals surface area contributed by atoms with Crippen LogP contribution in [0.15, 0.2) is 72.8 Å². The Morgan fingerprint density at radius 3 is 2.06 bits per heavy atom. The van der Waals surface area contributed by atoms with E-state index in [9.17, 15) is 17.8 Å². The van der Waals surface area contributed by atoms with Crippen LogP contribution in [-0.2, 0) is 14.9 Å². The fraction of sp³-hybridized carbons (Fsp3) is 0.174. The van der Waals surface area contributed by atoms with Gasteiger partial charge in [-0.15, -0.1) is 0 Å². The minimum Gasteiger partial charge on any atom is -0.748 e. The summed E-state index contributed by atoms with van der Waals surface area (Å²) < 4.78 is 32.3. The topological polar surface area (TPSA) is 102 Å². The Kier molecular flexibility index (Phi) is 8.93. The first-order valence-electron chi connectivity index (χ1n) is 9.73. The first kappa shape index (κ1) is 25.5. The Morgan fingerprint density at radius 2 is 1.50 bits per heavy atom. The van der Waals surface area contributed by atoms with Crippen LogP contribution < -0.4 is 34.4 Å². The first-order chi connectivity index (χ1) is 14.7. The summed E-state index contributed by atoms with van der Waals surface area (Å²) in [5, 5.41) is 5.75. The summed E-state index contributed by atoms with van der Waals surface area (Å²) >= 11 is 0. The summed E-state index contributed by atoms with van der Waals surface area (Å²) in [6.07, 6.45) is 0. The molecule has 3 aromatic carbocycles. The van der Waals surface area contributed by atoms with Gasteiger partial charge in [-0.25, -0.2) is 8.42 Å². The van der Waals surface area contributed by atoms with Gasteiger partial charge in [-0.05, 0) is 61.5 Å². The number of hydrogen-bond donors (Lipinski definition) is 2. The van der Waals surface area contributed by atoms with E-state index in [0.29, 0.717) is 11.4 Å². The molecule has 0 aliphatic heterocycles. The maximum Gasteiger partial charge on any atom is 1.00 e. The second-order valence-electron chi connectivity index (χ2n) is 7.14. The van der Waals surface area contributed by atoms with Crippen LogP contribution in [0.3, 0.4) is 0 Å². The molecule has 7 nitrogen and oxygen atoms in total. The van der Waals surface area contributed by atoms with E-state index in [-0.39, 0.29) is 31.3 Å². The number of nitrogens with one attached hydrogen (secondary N) is 2. The molecule has 9 heteroatoms. The molecule has 0 unspecified atom stereocenters. The van der Waals surface area contributed by atoms with Crippen LogP contribution in [0.25, 0.3) is 0 Å². The van der Waals surface area contributed by atoms with Crippen LogP contribution in [0.4, 0.5) is 28.4 Å². The molecule has 3 aromatic rings. The molecule has 0 bridgehead atoms. The van der Waals surface area contributed by atoms with Crippen molar-refractivity contribution in [1.82, 2.24) is 0 Å². The van der Waals surface area contributed by atoms with Crippen LogP contribution >= 0.6 is 0 Å². The molecule has 1 amide bonds. The predicted octanol–water partition coefficient (Wildman–Crippen LogP) is 1.38. The van der Waals surface area contributed by atoms with Gasteiger partial charge in [0.15, 0.2) is 0 Å². The third-order valence-electron chi connectivity index (χ3n) is 4.52. The van der Waals surface area contributed by atoms with Gasteiger partial charge in [0.25, 0.3) is 0 Å². The van der Waals surface area contributed by atoms with Gasteiger partial charge in [0.2, 0.25) is 5.91 Å². The third-order valence-corrected chi connectivity index (χ3v) is 5.23. The van der Waals surface area contributed by atoms with Crippen molar-refractivity contribution in [3.8, 4) is 0 Å². The van der Waals surface area contributed by atoms with Crippen LogP contribution in [0.2, 0.25) is 0 Å². The Balaban J connectivity index is 0.00000363. The Morgan fingerprint density at radius 1 is 0.906 bits per heavy atom. The van der Waals surface area contributed by atoms with Crippen molar-refractivity contribution in [2.45, 2.75) is 13.8 Å². The van der Waals surface area contributed by atoms with E-state index in [2.05, 4.69) is 15.5 Å². The number of hydrogen-bond acceptors (Lipinski definition) is 6. The molecule has 2 N–H and O–H groups in total. The van der Waals surface area contributed by atoms with Crippen molar-refractivity contribution in [3.05, 3.63) is 78.4 Å². The molecule has 0 radical (unpaired) electrons. The van der Waals surface area contributed by atoms with E-state index in [4.69, 9.17) is 0 Å². The maximum atomic E-state index is 11.5. The van der Waals surface area contributed by atoms with Crippen LogP contribution in [-0.4, -0.2) is 31.2 Å². The molecule has 0 atom stereocenters. The number of amides is 1. The minimum absolute atomic E-state index is 0. The van der Waals surface area contributed by atoms with Gasteiger partial charge in [0.05, 0.1) is 15.9 Å². The summed E-state index contributed by atoms with van der Waals surface area (Å²) in [7, 11) is -4.25. The molecule has 0 saturated heterocycles. The Bertz CT molecular complexity index is 1150. The van der Waals surface area contributed by atoms with Gasteiger partial charge in [-0.2, -0.15) is 0 Å². The number of aryl methyl sites for hydroxylation is 1. The molecule has 0 heterocycles. The van der Waals surface area contributed by atoms with Gasteiger partial charge in [-0.3, -0.25) is 4.79 Å². The van der Waals surface area contributed by atoms with Crippen molar-refractivity contribution >= 4 is 44.5 Å². The number of carbonyl (C=O) groups excluding carboxylic acids is 1. The average molecular weight is 445 g/mol. The van der Waals surface area contributed by atoms with Gasteiger partial charge in [0.1, 0.15) is 0 Å². The summed E-state index contributed by atoms with van der Waals surface area (Å²) in [5.41, 5.74) is 5.24. The monoisotopic (exact) mass is 445 g/mol. The number of nitrogens with zero attached hydrogens (tertiary/aromatic N) is 1. The first-order valence-corrected chi connectivity index (χ1v) is 11.3. The Hall–Kier alpha value is -2.76. The summed E-state index contributed by atoms with van der Waals surface area (Å²) in [6, 6.07) is 23.1. The molecule has 0 aliphatic carbocycles. The average Bonchev–Trinajstić information content (AvgIpc) is 2.70. The maximum absolute atomic E-state index is 11.5. The summed E-state index contributed by atoms with van der Waals surface area (Å²) in [4.78, 5) is 13.5. The zero-order chi connectivity index (χ0) is 22.4. The molecular formula is C23H24LiN3O4S. The third kappa shape index (κ3) is 7.43. The molecule has 0 saturated carbocycles. The normalized spacial score (nSPS) is 10.7. The van der Waals surface area contributed by atoms with E-state index >= 15 is 0 Å². The minimum atomic E-state index is -4.25. The molecule has 0 spiro atoms. The fourth-order valence-electron chi connectivity index (χ4n) is 3.12. The van der Waals surface area contributed by atoms with Crippen molar-refractivity contribution in [1.29, 1.82) is 0 Å². The van der Waals surface area contributed by atoms with E-state index in [0.717, 1.165) is 22.6 Å². The molecule has 0 aromatic heterocycles. The summed E-state index contributed by atoms with van der Waals surface area (Å²) in [6.45, 7) is 3.54. The van der Waals surface area contributed by atoms with Crippen molar-refractivity contribution < 1.29 is 36.6 Å². The van der Waals surface area contributed by atoms with E-state index in [1.807, 2.05) is 79.7 Å². The zero-order valence-electron chi connectivity index (χ0n) is 18.3. The van der Waals surface area contributed by atoms with Crippen LogP contribution in [0.5, 0.6) is 0 Å². The largest absolute Gasteiger partial charge is 1.00 e. The number of benzene rings is 3. The van der Waals surface area contributed by atoms with Crippen molar-refractivity contribution in [3.63, 3.8) is 0 Å². The summed E-state index contributed by atoms with van der Waals surface area (Å²) in [5.74, 6) is -0.616. The van der Waals surface area contributed by atoms with Gasteiger partial charge >= 0.3 is 18.9 Å². The fourth-order valence-corrected chi connectivity index (χ4v) is 3.47. The molecule has 0 fully saturated rings. The van der Waals surface area contributed by atoms with Crippen LogP contribution in [0, 0.1) is 6.92 Å². The van der Waals surface area contributed by atoms with Crippen molar-refractivity contribution in [2.75, 3.05) is 27.8 Å². The second-order valence-corrected chi connectivity index (χ2v) is 8.66. The standard InChI is InChI=1S/C23H25N3O4S.Li/c1-17-6-10-21(11-7-17)26(23-5-3-4-20(16-23)25-18(2)27)22-12-8-19(9-13-22)24-14-15-31(28,29)30;/h3-13,16,24H,14-15H2,1-2H3,(H,25,27)(H,28,29,30);/q;+1/p-1. The zero-order valence-corrected chi connectivity index (χ0v) is 19.1. The van der Waals surface area contributed by atoms with Crippen molar-refractivity contribution in [2.24, 2.45) is 0 Å². The number of anilines is 5. The molecule has 0 aliphatic rings. The smallest absolute Gasteiger partial charge is 0.748 e. The van der Waals surface area contributed by atoms with E-state index < -0.39 is 15.9 Å². The number of rotatable bonds is 8.